The summed E-state index contributed by atoms with van der Waals surface area (Å²) < 4.78 is 0. The van der Waals surface area contributed by atoms with Gasteiger partial charge in [-0.2, -0.15) is 11.8 Å². The minimum atomic E-state index is 0.0286. The molecule has 1 saturated heterocycles. The molecule has 0 bridgehead atoms. The number of carbonyl (C=O) groups is 1. The van der Waals surface area contributed by atoms with Crippen molar-refractivity contribution in [1.82, 2.24) is 10.6 Å². The Morgan fingerprint density at radius 1 is 1.67 bits per heavy atom. The molecule has 0 aromatic rings. The van der Waals surface area contributed by atoms with Crippen molar-refractivity contribution < 1.29 is 4.79 Å². The first-order valence-corrected chi connectivity index (χ1v) is 7.11. The smallest absolute Gasteiger partial charge is 0.237 e. The number of amides is 1. The van der Waals surface area contributed by atoms with Crippen molar-refractivity contribution in [3.8, 4) is 0 Å². The summed E-state index contributed by atoms with van der Waals surface area (Å²) in [5.74, 6) is 1.65. The van der Waals surface area contributed by atoms with Crippen LogP contribution in [0.25, 0.3) is 0 Å². The maximum atomic E-state index is 11.9. The van der Waals surface area contributed by atoms with E-state index in [4.69, 9.17) is 0 Å². The number of nitrogens with one attached hydrogen (secondary N) is 2. The van der Waals surface area contributed by atoms with Crippen LogP contribution >= 0.6 is 11.8 Å². The fourth-order valence-corrected chi connectivity index (χ4v) is 2.66. The van der Waals surface area contributed by atoms with Crippen LogP contribution in [-0.4, -0.2) is 36.5 Å². The first-order chi connectivity index (χ1) is 7.19. The fraction of sp³-hybridized carbons (Fsp3) is 0.909. The van der Waals surface area contributed by atoms with Crippen molar-refractivity contribution >= 4 is 17.7 Å². The molecule has 88 valence electrons. The van der Waals surface area contributed by atoms with E-state index in [1.165, 1.54) is 0 Å². The second-order valence-corrected chi connectivity index (χ2v) is 5.18. The van der Waals surface area contributed by atoms with Crippen molar-refractivity contribution in [3.05, 3.63) is 0 Å². The lowest BCUT2D eigenvalue weighted by Crippen LogP contribution is -2.47. The zero-order chi connectivity index (χ0) is 11.3. The first kappa shape index (κ1) is 12.8. The monoisotopic (exact) mass is 230 g/mol. The van der Waals surface area contributed by atoms with Gasteiger partial charge in [0.2, 0.25) is 5.91 Å². The van der Waals surface area contributed by atoms with Crippen LogP contribution in [0.2, 0.25) is 0 Å². The summed E-state index contributed by atoms with van der Waals surface area (Å²) in [5.41, 5.74) is 0. The number of thioether (sulfide) groups is 1. The van der Waals surface area contributed by atoms with E-state index in [1.807, 2.05) is 0 Å². The molecular weight excluding hydrogens is 208 g/mol. The molecule has 0 aromatic carbocycles. The van der Waals surface area contributed by atoms with E-state index >= 15 is 0 Å². The molecule has 0 aliphatic carbocycles. The summed E-state index contributed by atoms with van der Waals surface area (Å²) >= 11 is 1.78. The predicted molar refractivity (Wildman–Crippen MR) is 66.2 cm³/mol. The Labute approximate surface area is 96.8 Å². The lowest BCUT2D eigenvalue weighted by Gasteiger charge is -2.20. The largest absolute Gasteiger partial charge is 0.351 e. The highest BCUT2D eigenvalue weighted by Crippen LogP contribution is 2.14. The zero-order valence-corrected chi connectivity index (χ0v) is 10.7. The van der Waals surface area contributed by atoms with Gasteiger partial charge in [-0.25, -0.2) is 0 Å². The van der Waals surface area contributed by atoms with Gasteiger partial charge < -0.3 is 10.6 Å². The number of hydrogen-bond acceptors (Lipinski definition) is 3. The normalized spacial score (nSPS) is 27.7. The SMILES string of the molecule is CCC(CSC)NC(=O)C1NCCC1C. The molecule has 15 heavy (non-hydrogen) atoms. The van der Waals surface area contributed by atoms with E-state index in [1.54, 1.807) is 11.8 Å². The fourth-order valence-electron chi connectivity index (χ4n) is 1.94. The van der Waals surface area contributed by atoms with Gasteiger partial charge in [0.25, 0.3) is 0 Å². The van der Waals surface area contributed by atoms with Crippen LogP contribution in [0.5, 0.6) is 0 Å². The molecule has 4 heteroatoms. The summed E-state index contributed by atoms with van der Waals surface area (Å²) in [6.45, 7) is 5.23. The number of carbonyl (C=O) groups excluding carboxylic acids is 1. The van der Waals surface area contributed by atoms with E-state index in [0.717, 1.165) is 25.1 Å². The van der Waals surface area contributed by atoms with Crippen LogP contribution in [0.15, 0.2) is 0 Å². The van der Waals surface area contributed by atoms with Crippen LogP contribution < -0.4 is 10.6 Å². The number of hydrogen-bond donors (Lipinski definition) is 2. The van der Waals surface area contributed by atoms with Crippen molar-refractivity contribution in [2.75, 3.05) is 18.6 Å². The summed E-state index contributed by atoms with van der Waals surface area (Å²) in [6.07, 6.45) is 4.19. The van der Waals surface area contributed by atoms with Gasteiger partial charge in [-0.1, -0.05) is 13.8 Å². The Morgan fingerprint density at radius 3 is 2.87 bits per heavy atom. The highest BCUT2D eigenvalue weighted by atomic mass is 32.2. The molecule has 0 spiro atoms. The third-order valence-electron chi connectivity index (χ3n) is 3.02. The highest BCUT2D eigenvalue weighted by molar-refractivity contribution is 7.98. The average molecular weight is 230 g/mol. The maximum absolute atomic E-state index is 11.9. The highest BCUT2D eigenvalue weighted by Gasteiger charge is 2.29. The summed E-state index contributed by atoms with van der Waals surface area (Å²) in [4.78, 5) is 11.9. The Bertz CT molecular complexity index is 211. The molecule has 3 atom stereocenters. The van der Waals surface area contributed by atoms with Gasteiger partial charge in [-0.3, -0.25) is 4.79 Å². The molecule has 3 unspecified atom stereocenters. The standard InChI is InChI=1S/C11H22N2OS/c1-4-9(7-15-3)13-11(14)10-8(2)5-6-12-10/h8-10,12H,4-7H2,1-3H3,(H,13,14). The van der Waals surface area contributed by atoms with E-state index in [0.29, 0.717) is 12.0 Å². The van der Waals surface area contributed by atoms with Gasteiger partial charge in [0.1, 0.15) is 0 Å². The Kier molecular flexibility index (Phi) is 5.47. The van der Waals surface area contributed by atoms with Crippen LogP contribution in [0.3, 0.4) is 0 Å². The molecule has 1 rings (SSSR count). The predicted octanol–water partition coefficient (Wildman–Crippen LogP) is 1.24. The Balaban J connectivity index is 2.39. The van der Waals surface area contributed by atoms with Gasteiger partial charge >= 0.3 is 0 Å². The zero-order valence-electron chi connectivity index (χ0n) is 9.88. The Morgan fingerprint density at radius 2 is 2.40 bits per heavy atom. The summed E-state index contributed by atoms with van der Waals surface area (Å²) in [5, 5.41) is 6.38. The lowest BCUT2D eigenvalue weighted by atomic mass is 10.0. The topological polar surface area (TPSA) is 41.1 Å². The van der Waals surface area contributed by atoms with Crippen LogP contribution in [0.1, 0.15) is 26.7 Å². The summed E-state index contributed by atoms with van der Waals surface area (Å²) in [7, 11) is 0. The van der Waals surface area contributed by atoms with Gasteiger partial charge in [0, 0.05) is 11.8 Å². The molecule has 1 fully saturated rings. The van der Waals surface area contributed by atoms with Crippen molar-refractivity contribution in [3.63, 3.8) is 0 Å². The third kappa shape index (κ3) is 3.68. The minimum Gasteiger partial charge on any atom is -0.351 e. The van der Waals surface area contributed by atoms with E-state index in [-0.39, 0.29) is 11.9 Å². The second-order valence-electron chi connectivity index (χ2n) is 4.27. The van der Waals surface area contributed by atoms with Gasteiger partial charge in [0.15, 0.2) is 0 Å². The van der Waals surface area contributed by atoms with E-state index in [9.17, 15) is 4.79 Å². The van der Waals surface area contributed by atoms with Gasteiger partial charge in [-0.05, 0) is 31.6 Å². The molecule has 1 heterocycles. The maximum Gasteiger partial charge on any atom is 0.237 e. The van der Waals surface area contributed by atoms with E-state index in [2.05, 4.69) is 30.7 Å². The van der Waals surface area contributed by atoms with Crippen molar-refractivity contribution in [2.45, 2.75) is 38.8 Å². The molecule has 3 nitrogen and oxygen atoms in total. The molecule has 0 saturated carbocycles. The quantitative estimate of drug-likeness (QED) is 0.747. The second kappa shape index (κ2) is 6.38. The molecular formula is C11H22N2OS. The molecule has 1 aliphatic rings. The molecule has 2 N–H and O–H groups in total. The van der Waals surface area contributed by atoms with Gasteiger partial charge in [0.05, 0.1) is 6.04 Å². The van der Waals surface area contributed by atoms with Crippen molar-refractivity contribution in [1.29, 1.82) is 0 Å². The molecule has 0 aromatic heterocycles. The first-order valence-electron chi connectivity index (χ1n) is 5.71. The minimum absolute atomic E-state index is 0.0286. The van der Waals surface area contributed by atoms with E-state index < -0.39 is 0 Å². The number of rotatable bonds is 5. The Hall–Kier alpha value is -0.220. The molecule has 1 aliphatic heterocycles. The molecule has 0 radical (unpaired) electrons. The van der Waals surface area contributed by atoms with Crippen LogP contribution in [0, 0.1) is 5.92 Å². The average Bonchev–Trinajstić information content (AvgIpc) is 2.63. The van der Waals surface area contributed by atoms with Crippen LogP contribution in [0.4, 0.5) is 0 Å². The van der Waals surface area contributed by atoms with Crippen LogP contribution in [-0.2, 0) is 4.79 Å². The lowest BCUT2D eigenvalue weighted by molar-refractivity contribution is -0.124. The van der Waals surface area contributed by atoms with Gasteiger partial charge in [-0.15, -0.1) is 0 Å². The molecule has 1 amide bonds. The van der Waals surface area contributed by atoms with Crippen molar-refractivity contribution in [2.24, 2.45) is 5.92 Å². The summed E-state index contributed by atoms with van der Waals surface area (Å²) in [6, 6.07) is 0.350. The third-order valence-corrected chi connectivity index (χ3v) is 3.76.